The highest BCUT2D eigenvalue weighted by Crippen LogP contribution is 2.29. The van der Waals surface area contributed by atoms with E-state index in [1.165, 1.54) is 12.4 Å². The number of aliphatic carboxylic acids is 1. The number of hydrogen-bond acceptors (Lipinski definition) is 9. The van der Waals surface area contributed by atoms with E-state index in [-0.39, 0.29) is 25.0 Å². The highest BCUT2D eigenvalue weighted by molar-refractivity contribution is 5.95. The van der Waals surface area contributed by atoms with Crippen molar-refractivity contribution in [2.45, 2.75) is 13.0 Å². The topological polar surface area (TPSA) is 205 Å². The van der Waals surface area contributed by atoms with Gasteiger partial charge in [-0.3, -0.25) is 15.2 Å². The van der Waals surface area contributed by atoms with Gasteiger partial charge in [-0.25, -0.2) is 14.8 Å². The van der Waals surface area contributed by atoms with Gasteiger partial charge in [-0.05, 0) is 59.7 Å². The molecule has 0 radical (unpaired) electrons. The monoisotopic (exact) mass is 532 g/mol. The minimum atomic E-state index is -0.833. The molecule has 0 spiro atoms. The molecule has 4 rings (SSSR count). The normalized spacial score (nSPS) is 11.0. The molecule has 13 heteroatoms. The summed E-state index contributed by atoms with van der Waals surface area (Å²) < 4.78 is 6.72. The number of nitrogens with one attached hydrogen (secondary N) is 3. The number of nitrogens with zero attached hydrogens (tertiary/aromatic N) is 4. The predicted molar refractivity (Wildman–Crippen MR) is 145 cm³/mol. The fraction of sp³-hybridized carbons (Fsp3) is 0.154. The van der Waals surface area contributed by atoms with Gasteiger partial charge in [-0.1, -0.05) is 12.7 Å². The number of aromatic nitrogens is 5. The average Bonchev–Trinajstić information content (AvgIpc) is 3.31. The van der Waals surface area contributed by atoms with Crippen LogP contribution in [0.2, 0.25) is 0 Å². The maximum atomic E-state index is 12.7. The van der Waals surface area contributed by atoms with E-state index in [9.17, 15) is 4.79 Å². The summed E-state index contributed by atoms with van der Waals surface area (Å²) in [5.74, 6) is 0.102. The minimum Gasteiger partial charge on any atom is -0.491 e. The summed E-state index contributed by atoms with van der Waals surface area (Å²) in [6.45, 7) is 4.92. The van der Waals surface area contributed by atoms with Crippen molar-refractivity contribution in [1.29, 1.82) is 5.41 Å². The molecule has 0 aliphatic rings. The quantitative estimate of drug-likeness (QED) is 0.129. The van der Waals surface area contributed by atoms with Crippen molar-refractivity contribution in [3.63, 3.8) is 0 Å². The first-order valence-corrected chi connectivity index (χ1v) is 11.6. The van der Waals surface area contributed by atoms with Gasteiger partial charge in [0.05, 0.1) is 6.61 Å². The summed E-state index contributed by atoms with van der Waals surface area (Å²) in [7, 11) is 0. The second kappa shape index (κ2) is 13.3. The number of carboxylic acid groups (broad SMARTS) is 1. The second-order valence-electron chi connectivity index (χ2n) is 7.97. The van der Waals surface area contributed by atoms with E-state index in [1.54, 1.807) is 48.5 Å². The molecule has 0 saturated heterocycles. The molecule has 1 atom stereocenters. The van der Waals surface area contributed by atoms with E-state index in [4.69, 9.17) is 30.9 Å². The van der Waals surface area contributed by atoms with Gasteiger partial charge >= 0.3 is 5.69 Å². The Morgan fingerprint density at radius 3 is 2.51 bits per heavy atom. The fourth-order valence-corrected chi connectivity index (χ4v) is 3.41. The SMILES string of the molecule is C=Cc1cc(OCCO)cc([C@H](Nc2ccc(C(=N)N)cc2)c2nn(-c3ncccn3)c(=O)[nH]2)c1.CC(=O)O. The lowest BCUT2D eigenvalue weighted by Crippen LogP contribution is -2.18. The Hall–Kier alpha value is -5.30. The van der Waals surface area contributed by atoms with Gasteiger partial charge in [0.25, 0.3) is 11.9 Å². The van der Waals surface area contributed by atoms with Crippen LogP contribution >= 0.6 is 0 Å². The lowest BCUT2D eigenvalue weighted by Gasteiger charge is -2.20. The lowest BCUT2D eigenvalue weighted by atomic mass is 10.0. The second-order valence-corrected chi connectivity index (χ2v) is 7.97. The molecule has 39 heavy (non-hydrogen) atoms. The molecule has 7 N–H and O–H groups in total. The molecule has 0 aliphatic heterocycles. The standard InChI is InChI=1S/C24H24N8O3.C2H4O2/c1-2-15-12-17(14-19(13-15)35-11-10-33)20(29-18-6-4-16(5-7-18)21(25)26)22-30-24(34)32(31-22)23-27-8-3-9-28-23;1-2(3)4/h2-9,12-14,20,29,33H,1,10-11H2,(H3,25,26)(H,30,31,34);1H3,(H,3,4)/t20-;/m0./s1. The number of anilines is 1. The van der Waals surface area contributed by atoms with Crippen LogP contribution in [0.1, 0.15) is 35.5 Å². The number of aliphatic hydroxyl groups excluding tert-OH is 1. The molecule has 2 aromatic heterocycles. The molecule has 0 aliphatic carbocycles. The van der Waals surface area contributed by atoms with Crippen LogP contribution in [0.4, 0.5) is 5.69 Å². The molecular weight excluding hydrogens is 504 g/mol. The highest BCUT2D eigenvalue weighted by atomic mass is 16.5. The van der Waals surface area contributed by atoms with E-state index in [1.807, 2.05) is 6.07 Å². The number of hydrogen-bond donors (Lipinski definition) is 6. The smallest absolute Gasteiger partial charge is 0.350 e. The number of benzene rings is 2. The van der Waals surface area contributed by atoms with Gasteiger partial charge in [-0.15, -0.1) is 9.78 Å². The van der Waals surface area contributed by atoms with Crippen LogP contribution in [0.3, 0.4) is 0 Å². The zero-order valence-corrected chi connectivity index (χ0v) is 21.0. The van der Waals surface area contributed by atoms with Gasteiger partial charge in [-0.2, -0.15) is 0 Å². The van der Waals surface area contributed by atoms with Crippen molar-refractivity contribution in [2.75, 3.05) is 18.5 Å². The van der Waals surface area contributed by atoms with Gasteiger partial charge in [0.2, 0.25) is 0 Å². The van der Waals surface area contributed by atoms with Gasteiger partial charge in [0.15, 0.2) is 5.82 Å². The molecule has 2 heterocycles. The molecule has 2 aromatic carbocycles. The Morgan fingerprint density at radius 2 is 1.92 bits per heavy atom. The van der Waals surface area contributed by atoms with Crippen LogP contribution in [-0.4, -0.2) is 60.0 Å². The average molecular weight is 533 g/mol. The molecule has 13 nitrogen and oxygen atoms in total. The van der Waals surface area contributed by atoms with Gasteiger partial charge < -0.3 is 26.0 Å². The third-order valence-corrected chi connectivity index (χ3v) is 5.04. The molecule has 4 aromatic rings. The van der Waals surface area contributed by atoms with Gasteiger partial charge in [0, 0.05) is 30.6 Å². The number of aliphatic hydroxyl groups is 1. The Kier molecular flexibility index (Phi) is 9.64. The van der Waals surface area contributed by atoms with Crippen molar-refractivity contribution in [3.05, 3.63) is 101 Å². The number of aromatic amines is 1. The molecule has 0 amide bonds. The number of nitrogen functional groups attached to an aromatic ring is 1. The van der Waals surface area contributed by atoms with Crippen LogP contribution in [0.25, 0.3) is 12.0 Å². The Morgan fingerprint density at radius 1 is 1.26 bits per heavy atom. The van der Waals surface area contributed by atoms with Crippen LogP contribution in [-0.2, 0) is 4.79 Å². The van der Waals surface area contributed by atoms with Crippen molar-refractivity contribution >= 4 is 23.6 Å². The Balaban J connectivity index is 0.000000983. The number of rotatable bonds is 10. The summed E-state index contributed by atoms with van der Waals surface area (Å²) in [5, 5.41) is 32.0. The Labute approximate surface area is 223 Å². The van der Waals surface area contributed by atoms with Crippen molar-refractivity contribution in [1.82, 2.24) is 24.7 Å². The molecule has 0 bridgehead atoms. The third kappa shape index (κ3) is 7.84. The van der Waals surface area contributed by atoms with Crippen LogP contribution in [0.5, 0.6) is 5.75 Å². The van der Waals surface area contributed by atoms with Gasteiger partial charge in [0.1, 0.15) is 24.2 Å². The number of carbonyl (C=O) groups is 1. The van der Waals surface area contributed by atoms with E-state index in [0.717, 1.165) is 22.7 Å². The number of amidine groups is 1. The number of nitrogens with two attached hydrogens (primary N) is 1. The third-order valence-electron chi connectivity index (χ3n) is 5.04. The zero-order valence-electron chi connectivity index (χ0n) is 21.0. The number of ether oxygens (including phenoxy) is 1. The van der Waals surface area contributed by atoms with E-state index in [2.05, 4.69) is 31.9 Å². The minimum absolute atomic E-state index is 0.0385. The van der Waals surface area contributed by atoms with Crippen LogP contribution in [0, 0.1) is 5.41 Å². The highest BCUT2D eigenvalue weighted by Gasteiger charge is 2.22. The molecule has 0 saturated carbocycles. The maximum absolute atomic E-state index is 12.7. The first-order valence-electron chi connectivity index (χ1n) is 11.6. The van der Waals surface area contributed by atoms with Crippen LogP contribution < -0.4 is 21.5 Å². The summed E-state index contributed by atoms with van der Waals surface area (Å²) in [4.78, 5) is 32.7. The molecule has 0 fully saturated rings. The molecule has 202 valence electrons. The lowest BCUT2D eigenvalue weighted by molar-refractivity contribution is -0.134. The first kappa shape index (κ1) is 28.3. The summed E-state index contributed by atoms with van der Waals surface area (Å²) in [6, 6.07) is 13.5. The largest absolute Gasteiger partial charge is 0.491 e. The van der Waals surface area contributed by atoms with Crippen LogP contribution in [0.15, 0.2) is 72.3 Å². The predicted octanol–water partition coefficient (Wildman–Crippen LogP) is 1.94. The van der Waals surface area contributed by atoms with E-state index >= 15 is 0 Å². The van der Waals surface area contributed by atoms with E-state index in [0.29, 0.717) is 22.8 Å². The number of H-pyrrole nitrogens is 1. The molecular formula is C26H28N8O5. The first-order chi connectivity index (χ1) is 18.7. The fourth-order valence-electron chi connectivity index (χ4n) is 3.41. The van der Waals surface area contributed by atoms with Crippen molar-refractivity contribution in [3.8, 4) is 11.7 Å². The molecule has 0 unspecified atom stereocenters. The zero-order chi connectivity index (χ0) is 28.4. The number of carboxylic acids is 1. The van der Waals surface area contributed by atoms with Crippen molar-refractivity contribution < 1.29 is 19.7 Å². The Bertz CT molecular complexity index is 1480. The summed E-state index contributed by atoms with van der Waals surface area (Å²) in [6.07, 6.45) is 4.72. The summed E-state index contributed by atoms with van der Waals surface area (Å²) >= 11 is 0. The summed E-state index contributed by atoms with van der Waals surface area (Å²) in [5.41, 5.74) is 7.86. The van der Waals surface area contributed by atoms with Crippen molar-refractivity contribution in [2.24, 2.45) is 5.73 Å². The van der Waals surface area contributed by atoms with E-state index < -0.39 is 17.7 Å². The maximum Gasteiger partial charge on any atom is 0.350 e.